The molecule has 1 rings (SSSR count). The van der Waals surface area contributed by atoms with Crippen LogP contribution in [0, 0.1) is 0 Å². The molecule has 0 spiro atoms. The van der Waals surface area contributed by atoms with Gasteiger partial charge in [0.05, 0.1) is 0 Å². The Morgan fingerprint density at radius 3 is 2.58 bits per heavy atom. The van der Waals surface area contributed by atoms with Gasteiger partial charge in [0, 0.05) is 25.2 Å². The van der Waals surface area contributed by atoms with Crippen LogP contribution in [0.15, 0.2) is 12.2 Å². The smallest absolute Gasteiger partial charge is 0.407 e. The van der Waals surface area contributed by atoms with Crippen molar-refractivity contribution in [2.45, 2.75) is 57.7 Å². The monoisotopic (exact) mass is 269 g/mol. The van der Waals surface area contributed by atoms with Gasteiger partial charge >= 0.3 is 6.09 Å². The van der Waals surface area contributed by atoms with Crippen molar-refractivity contribution < 1.29 is 9.53 Å². The first-order valence-electron chi connectivity index (χ1n) is 6.97. The molecular formula is C14H27N3O2. The molecule has 2 unspecified atom stereocenters. The van der Waals surface area contributed by atoms with E-state index in [0.717, 1.165) is 25.8 Å². The van der Waals surface area contributed by atoms with Crippen LogP contribution in [-0.4, -0.2) is 36.9 Å². The summed E-state index contributed by atoms with van der Waals surface area (Å²) in [6.07, 6.45) is 6.89. The van der Waals surface area contributed by atoms with Crippen LogP contribution in [-0.2, 0) is 4.74 Å². The van der Waals surface area contributed by atoms with Crippen molar-refractivity contribution in [3.63, 3.8) is 0 Å². The van der Waals surface area contributed by atoms with Crippen molar-refractivity contribution in [3.05, 3.63) is 12.2 Å². The summed E-state index contributed by atoms with van der Waals surface area (Å²) in [5.74, 6) is 0. The second-order valence-electron chi connectivity index (χ2n) is 6.03. The summed E-state index contributed by atoms with van der Waals surface area (Å²) in [6, 6.07) is 0.897. The van der Waals surface area contributed by atoms with Gasteiger partial charge in [-0.25, -0.2) is 4.79 Å². The topological polar surface area (TPSA) is 76.4 Å². The molecule has 0 aromatic heterocycles. The predicted octanol–water partition coefficient (Wildman–Crippen LogP) is 1.54. The molecule has 110 valence electrons. The first-order chi connectivity index (χ1) is 8.87. The van der Waals surface area contributed by atoms with E-state index in [1.54, 1.807) is 0 Å². The van der Waals surface area contributed by atoms with Crippen LogP contribution in [0.4, 0.5) is 4.79 Å². The molecule has 0 aromatic carbocycles. The third-order valence-electron chi connectivity index (χ3n) is 2.93. The van der Waals surface area contributed by atoms with Gasteiger partial charge in [0.15, 0.2) is 0 Å². The van der Waals surface area contributed by atoms with Gasteiger partial charge in [-0.05, 0) is 40.0 Å². The van der Waals surface area contributed by atoms with Crippen molar-refractivity contribution in [1.29, 1.82) is 0 Å². The summed E-state index contributed by atoms with van der Waals surface area (Å²) < 4.78 is 5.12. The Balaban J connectivity index is 2.03. The molecule has 1 aliphatic carbocycles. The molecule has 19 heavy (non-hydrogen) atoms. The number of hydrogen-bond acceptors (Lipinski definition) is 4. The summed E-state index contributed by atoms with van der Waals surface area (Å²) in [6.45, 7) is 6.84. The Morgan fingerprint density at radius 2 is 2.00 bits per heavy atom. The minimum atomic E-state index is -0.448. The Morgan fingerprint density at radius 1 is 1.32 bits per heavy atom. The maximum Gasteiger partial charge on any atom is 0.407 e. The van der Waals surface area contributed by atoms with Crippen LogP contribution in [0.1, 0.15) is 40.0 Å². The molecule has 1 aliphatic rings. The minimum Gasteiger partial charge on any atom is -0.444 e. The van der Waals surface area contributed by atoms with Crippen LogP contribution in [0.2, 0.25) is 0 Å². The van der Waals surface area contributed by atoms with Crippen LogP contribution in [0.25, 0.3) is 0 Å². The summed E-state index contributed by atoms with van der Waals surface area (Å²) in [7, 11) is 0. The normalized spacial score (nSPS) is 23.8. The second kappa shape index (κ2) is 7.50. The molecule has 1 fully saturated rings. The lowest BCUT2D eigenvalue weighted by Gasteiger charge is -2.19. The van der Waals surface area contributed by atoms with Crippen LogP contribution in [0.3, 0.4) is 0 Å². The van der Waals surface area contributed by atoms with Crippen LogP contribution in [0.5, 0.6) is 0 Å². The fraction of sp³-hybridized carbons (Fsp3) is 0.786. The van der Waals surface area contributed by atoms with Gasteiger partial charge in [-0.15, -0.1) is 0 Å². The standard InChI is InChI=1S/C14H27N3O2/c1-14(2,3)19-13(18)17-9-5-4-8-16-12-7-6-11(15)10-12/h4-5,11-12,16H,6-10,15H2,1-3H3,(H,17,18)/b5-4+. The third-order valence-corrected chi connectivity index (χ3v) is 2.93. The SMILES string of the molecule is CC(C)(C)OC(=O)NC/C=C/CNC1CCC(N)C1. The molecule has 1 saturated carbocycles. The van der Waals surface area contributed by atoms with E-state index in [9.17, 15) is 4.79 Å². The van der Waals surface area contributed by atoms with Gasteiger partial charge in [0.1, 0.15) is 5.60 Å². The molecule has 0 bridgehead atoms. The highest BCUT2D eigenvalue weighted by molar-refractivity contribution is 5.67. The van der Waals surface area contributed by atoms with Crippen molar-refractivity contribution in [2.75, 3.05) is 13.1 Å². The maximum atomic E-state index is 11.3. The number of carbonyl (C=O) groups is 1. The molecule has 0 saturated heterocycles. The highest BCUT2D eigenvalue weighted by Crippen LogP contribution is 2.16. The van der Waals surface area contributed by atoms with Gasteiger partial charge in [-0.2, -0.15) is 0 Å². The zero-order chi connectivity index (χ0) is 14.3. The summed E-state index contributed by atoms with van der Waals surface area (Å²) in [5.41, 5.74) is 5.39. The van der Waals surface area contributed by atoms with Gasteiger partial charge in [0.2, 0.25) is 0 Å². The van der Waals surface area contributed by atoms with E-state index >= 15 is 0 Å². The molecule has 4 N–H and O–H groups in total. The molecule has 5 heteroatoms. The minimum absolute atomic E-state index is 0.357. The predicted molar refractivity (Wildman–Crippen MR) is 77.0 cm³/mol. The first kappa shape index (κ1) is 16.0. The molecule has 5 nitrogen and oxygen atoms in total. The average Bonchev–Trinajstić information content (AvgIpc) is 2.67. The summed E-state index contributed by atoms with van der Waals surface area (Å²) in [4.78, 5) is 11.3. The van der Waals surface area contributed by atoms with Gasteiger partial charge < -0.3 is 21.1 Å². The highest BCUT2D eigenvalue weighted by Gasteiger charge is 2.20. The van der Waals surface area contributed by atoms with E-state index in [1.165, 1.54) is 0 Å². The second-order valence-corrected chi connectivity index (χ2v) is 6.03. The lowest BCUT2D eigenvalue weighted by atomic mass is 10.2. The molecule has 0 aromatic rings. The zero-order valence-corrected chi connectivity index (χ0v) is 12.2. The zero-order valence-electron chi connectivity index (χ0n) is 12.2. The third kappa shape index (κ3) is 7.85. The molecule has 1 amide bonds. The molecular weight excluding hydrogens is 242 g/mol. The Hall–Kier alpha value is -1.07. The van der Waals surface area contributed by atoms with E-state index in [4.69, 9.17) is 10.5 Å². The number of rotatable bonds is 5. The van der Waals surface area contributed by atoms with Gasteiger partial charge in [0.25, 0.3) is 0 Å². The summed E-state index contributed by atoms with van der Waals surface area (Å²) >= 11 is 0. The lowest BCUT2D eigenvalue weighted by Crippen LogP contribution is -2.32. The highest BCUT2D eigenvalue weighted by atomic mass is 16.6. The van der Waals surface area contributed by atoms with E-state index in [-0.39, 0.29) is 6.09 Å². The Bertz CT molecular complexity index is 310. The van der Waals surface area contributed by atoms with Crippen molar-refractivity contribution in [2.24, 2.45) is 5.73 Å². The fourth-order valence-electron chi connectivity index (χ4n) is 2.06. The number of alkyl carbamates (subject to hydrolysis) is 1. The first-order valence-corrected chi connectivity index (χ1v) is 6.97. The number of amides is 1. The average molecular weight is 269 g/mol. The number of carbonyl (C=O) groups excluding carboxylic acids is 1. The number of nitrogens with two attached hydrogens (primary N) is 1. The largest absolute Gasteiger partial charge is 0.444 e. The lowest BCUT2D eigenvalue weighted by molar-refractivity contribution is 0.0534. The number of ether oxygens (including phenoxy) is 1. The van der Waals surface area contributed by atoms with Crippen molar-refractivity contribution in [1.82, 2.24) is 10.6 Å². The quantitative estimate of drug-likeness (QED) is 0.662. The molecule has 0 aliphatic heterocycles. The molecule has 2 atom stereocenters. The molecule has 0 heterocycles. The number of nitrogens with one attached hydrogen (secondary N) is 2. The maximum absolute atomic E-state index is 11.3. The fourth-order valence-corrected chi connectivity index (χ4v) is 2.06. The molecule has 0 radical (unpaired) electrons. The van der Waals surface area contributed by atoms with E-state index < -0.39 is 5.60 Å². The van der Waals surface area contributed by atoms with Gasteiger partial charge in [-0.3, -0.25) is 0 Å². The van der Waals surface area contributed by atoms with E-state index in [0.29, 0.717) is 18.6 Å². The number of hydrogen-bond donors (Lipinski definition) is 3. The van der Waals surface area contributed by atoms with Gasteiger partial charge in [-0.1, -0.05) is 12.2 Å². The van der Waals surface area contributed by atoms with Crippen LogP contribution >= 0.6 is 0 Å². The Labute approximate surface area is 116 Å². The van der Waals surface area contributed by atoms with Crippen molar-refractivity contribution in [3.8, 4) is 0 Å². The van der Waals surface area contributed by atoms with E-state index in [2.05, 4.69) is 10.6 Å². The van der Waals surface area contributed by atoms with E-state index in [1.807, 2.05) is 32.9 Å². The Kier molecular flexibility index (Phi) is 6.31. The summed E-state index contributed by atoms with van der Waals surface area (Å²) in [5, 5.41) is 6.11. The van der Waals surface area contributed by atoms with Crippen molar-refractivity contribution >= 4 is 6.09 Å². The van der Waals surface area contributed by atoms with Crippen LogP contribution < -0.4 is 16.4 Å².